The minimum atomic E-state index is -0.147. The minimum absolute atomic E-state index is 0.00437. The third-order valence-electron chi connectivity index (χ3n) is 3.92. The largest absolute Gasteiger partial charge is 0.461 e. The van der Waals surface area contributed by atoms with Gasteiger partial charge in [-0.1, -0.05) is 0 Å². The summed E-state index contributed by atoms with van der Waals surface area (Å²) >= 11 is 0. The maximum Gasteiger partial charge on any atom is 0.323 e. The molecule has 1 amide bonds. The average molecular weight is 278 g/mol. The fraction of sp³-hybridized carbons (Fsp3) is 0.571. The van der Waals surface area contributed by atoms with Crippen LogP contribution in [0.15, 0.2) is 22.8 Å². The molecular weight excluding hydrogens is 260 g/mol. The van der Waals surface area contributed by atoms with Crippen molar-refractivity contribution in [2.24, 2.45) is 0 Å². The van der Waals surface area contributed by atoms with Gasteiger partial charge in [-0.3, -0.25) is 14.5 Å². The van der Waals surface area contributed by atoms with Gasteiger partial charge in [-0.25, -0.2) is 0 Å². The average Bonchev–Trinajstić information content (AvgIpc) is 3.08. The molecule has 2 saturated heterocycles. The van der Waals surface area contributed by atoms with E-state index < -0.39 is 0 Å². The van der Waals surface area contributed by atoms with Gasteiger partial charge in [-0.05, 0) is 19.1 Å². The summed E-state index contributed by atoms with van der Waals surface area (Å²) in [6.07, 6.45) is 2.24. The SMILES string of the molecule is C[C@H]1C[C@H](N2CCN(C(=O)c3ccco3)CC2)C(=O)O1. The molecule has 108 valence electrons. The van der Waals surface area contributed by atoms with Gasteiger partial charge in [0.05, 0.1) is 6.26 Å². The first-order valence-electron chi connectivity index (χ1n) is 6.92. The standard InChI is InChI=1S/C14H18N2O4/c1-10-9-11(14(18)20-10)15-4-6-16(7-5-15)13(17)12-3-2-8-19-12/h2-3,8,10-11H,4-7,9H2,1H3/t10-,11-/m0/s1. The van der Waals surface area contributed by atoms with Crippen molar-refractivity contribution in [1.29, 1.82) is 0 Å². The number of ether oxygens (including phenoxy) is 1. The first kappa shape index (κ1) is 13.2. The molecule has 1 aromatic heterocycles. The summed E-state index contributed by atoms with van der Waals surface area (Å²) in [6, 6.07) is 3.23. The number of furan rings is 1. The van der Waals surface area contributed by atoms with Crippen LogP contribution in [0, 0.1) is 0 Å². The number of cyclic esters (lactones) is 1. The van der Waals surface area contributed by atoms with Gasteiger partial charge in [-0.2, -0.15) is 0 Å². The van der Waals surface area contributed by atoms with E-state index in [0.29, 0.717) is 31.9 Å². The molecule has 0 N–H and O–H groups in total. The Morgan fingerprint density at radius 3 is 2.60 bits per heavy atom. The molecule has 2 aliphatic rings. The van der Waals surface area contributed by atoms with Crippen LogP contribution >= 0.6 is 0 Å². The Kier molecular flexibility index (Phi) is 3.48. The van der Waals surface area contributed by atoms with Gasteiger partial charge < -0.3 is 14.1 Å². The van der Waals surface area contributed by atoms with Gasteiger partial charge in [0.1, 0.15) is 12.1 Å². The Morgan fingerprint density at radius 2 is 2.05 bits per heavy atom. The van der Waals surface area contributed by atoms with E-state index in [1.54, 1.807) is 17.0 Å². The van der Waals surface area contributed by atoms with E-state index in [1.165, 1.54) is 6.26 Å². The van der Waals surface area contributed by atoms with Gasteiger partial charge in [0, 0.05) is 32.6 Å². The molecule has 20 heavy (non-hydrogen) atoms. The maximum absolute atomic E-state index is 12.1. The second kappa shape index (κ2) is 5.28. The molecule has 0 spiro atoms. The summed E-state index contributed by atoms with van der Waals surface area (Å²) < 4.78 is 10.3. The summed E-state index contributed by atoms with van der Waals surface area (Å²) in [4.78, 5) is 27.7. The number of piperazine rings is 1. The molecule has 0 bridgehead atoms. The number of carbonyl (C=O) groups is 2. The lowest BCUT2D eigenvalue weighted by molar-refractivity contribution is -0.145. The fourth-order valence-electron chi connectivity index (χ4n) is 2.83. The highest BCUT2D eigenvalue weighted by Crippen LogP contribution is 2.21. The zero-order chi connectivity index (χ0) is 14.1. The van der Waals surface area contributed by atoms with Crippen LogP contribution in [-0.2, 0) is 9.53 Å². The van der Waals surface area contributed by atoms with E-state index in [9.17, 15) is 9.59 Å². The van der Waals surface area contributed by atoms with Crippen LogP contribution in [0.4, 0.5) is 0 Å². The lowest BCUT2D eigenvalue weighted by atomic mass is 10.1. The number of amides is 1. The van der Waals surface area contributed by atoms with Crippen LogP contribution < -0.4 is 0 Å². The molecule has 0 aliphatic carbocycles. The van der Waals surface area contributed by atoms with E-state index in [0.717, 1.165) is 6.42 Å². The van der Waals surface area contributed by atoms with Gasteiger partial charge in [0.25, 0.3) is 5.91 Å². The molecule has 6 heteroatoms. The van der Waals surface area contributed by atoms with Crippen molar-refractivity contribution < 1.29 is 18.7 Å². The van der Waals surface area contributed by atoms with Gasteiger partial charge in [0.15, 0.2) is 5.76 Å². The summed E-state index contributed by atoms with van der Waals surface area (Å²) in [6.45, 7) is 4.52. The molecule has 1 aromatic rings. The summed E-state index contributed by atoms with van der Waals surface area (Å²) in [5.41, 5.74) is 0. The Morgan fingerprint density at radius 1 is 1.30 bits per heavy atom. The zero-order valence-electron chi connectivity index (χ0n) is 11.4. The Balaban J connectivity index is 1.57. The molecule has 0 saturated carbocycles. The van der Waals surface area contributed by atoms with Gasteiger partial charge >= 0.3 is 5.97 Å². The highest BCUT2D eigenvalue weighted by atomic mass is 16.6. The van der Waals surface area contributed by atoms with Gasteiger partial charge in [0.2, 0.25) is 0 Å². The van der Waals surface area contributed by atoms with E-state index >= 15 is 0 Å². The maximum atomic E-state index is 12.1. The first-order chi connectivity index (χ1) is 9.65. The summed E-state index contributed by atoms with van der Waals surface area (Å²) in [7, 11) is 0. The van der Waals surface area contributed by atoms with Crippen LogP contribution in [0.25, 0.3) is 0 Å². The van der Waals surface area contributed by atoms with Crippen LogP contribution in [0.5, 0.6) is 0 Å². The second-order valence-electron chi connectivity index (χ2n) is 5.30. The molecule has 6 nitrogen and oxygen atoms in total. The zero-order valence-corrected chi connectivity index (χ0v) is 11.4. The van der Waals surface area contributed by atoms with Crippen molar-refractivity contribution in [3.05, 3.63) is 24.2 Å². The molecule has 0 radical (unpaired) electrons. The van der Waals surface area contributed by atoms with E-state index in [-0.39, 0.29) is 24.0 Å². The van der Waals surface area contributed by atoms with Crippen LogP contribution in [-0.4, -0.2) is 60.0 Å². The van der Waals surface area contributed by atoms with Crippen molar-refractivity contribution in [3.63, 3.8) is 0 Å². The van der Waals surface area contributed by atoms with Crippen molar-refractivity contribution in [2.75, 3.05) is 26.2 Å². The van der Waals surface area contributed by atoms with Crippen LogP contribution in [0.2, 0.25) is 0 Å². The van der Waals surface area contributed by atoms with Crippen LogP contribution in [0.1, 0.15) is 23.9 Å². The molecule has 2 aliphatic heterocycles. The van der Waals surface area contributed by atoms with E-state index in [4.69, 9.17) is 9.15 Å². The minimum Gasteiger partial charge on any atom is -0.461 e. The molecular formula is C14H18N2O4. The summed E-state index contributed by atoms with van der Waals surface area (Å²) in [5, 5.41) is 0. The van der Waals surface area contributed by atoms with Crippen molar-refractivity contribution in [3.8, 4) is 0 Å². The third-order valence-corrected chi connectivity index (χ3v) is 3.92. The van der Waals surface area contributed by atoms with Crippen molar-refractivity contribution in [1.82, 2.24) is 9.80 Å². The van der Waals surface area contributed by atoms with E-state index in [2.05, 4.69) is 4.90 Å². The molecule has 0 aromatic carbocycles. The molecule has 3 rings (SSSR count). The second-order valence-corrected chi connectivity index (χ2v) is 5.30. The monoisotopic (exact) mass is 278 g/mol. The third kappa shape index (κ3) is 2.43. The highest BCUT2D eigenvalue weighted by molar-refractivity contribution is 5.91. The Hall–Kier alpha value is -1.82. The highest BCUT2D eigenvalue weighted by Gasteiger charge is 2.38. The smallest absolute Gasteiger partial charge is 0.323 e. The molecule has 2 fully saturated rings. The van der Waals surface area contributed by atoms with Gasteiger partial charge in [-0.15, -0.1) is 0 Å². The Labute approximate surface area is 117 Å². The van der Waals surface area contributed by atoms with Crippen molar-refractivity contribution in [2.45, 2.75) is 25.5 Å². The number of rotatable bonds is 2. The number of carbonyl (C=O) groups excluding carboxylic acids is 2. The molecule has 3 heterocycles. The van der Waals surface area contributed by atoms with Crippen molar-refractivity contribution >= 4 is 11.9 Å². The number of hydrogen-bond donors (Lipinski definition) is 0. The van der Waals surface area contributed by atoms with Crippen LogP contribution in [0.3, 0.4) is 0 Å². The fourth-order valence-corrected chi connectivity index (χ4v) is 2.83. The summed E-state index contributed by atoms with van der Waals surface area (Å²) in [5.74, 6) is 0.146. The number of esters is 1. The molecule has 2 atom stereocenters. The predicted octanol–water partition coefficient (Wildman–Crippen LogP) is 0.741. The topological polar surface area (TPSA) is 63.0 Å². The first-order valence-corrected chi connectivity index (χ1v) is 6.92. The van der Waals surface area contributed by atoms with E-state index in [1.807, 2.05) is 6.92 Å². The lowest BCUT2D eigenvalue weighted by Gasteiger charge is -2.36. The number of hydrogen-bond acceptors (Lipinski definition) is 5. The predicted molar refractivity (Wildman–Crippen MR) is 70.1 cm³/mol. The number of nitrogens with zero attached hydrogens (tertiary/aromatic N) is 2. The Bertz CT molecular complexity index is 491. The lowest BCUT2D eigenvalue weighted by Crippen LogP contribution is -2.53. The molecule has 0 unspecified atom stereocenters. The normalized spacial score (nSPS) is 27.6. The quantitative estimate of drug-likeness (QED) is 0.747.